The number of aromatic nitrogens is 2. The molecule has 5 nitrogen and oxygen atoms in total. The number of nitrogens with zero attached hydrogens (tertiary/aromatic N) is 3. The third-order valence-corrected chi connectivity index (χ3v) is 3.14. The number of halogens is 1. The van der Waals surface area contributed by atoms with E-state index in [0.717, 1.165) is 5.69 Å². The van der Waals surface area contributed by atoms with Crippen LogP contribution in [0.15, 0.2) is 24.4 Å². The Kier molecular flexibility index (Phi) is 3.48. The monoisotopic (exact) mass is 278 g/mol. The van der Waals surface area contributed by atoms with E-state index in [0.29, 0.717) is 22.0 Å². The summed E-state index contributed by atoms with van der Waals surface area (Å²) in [4.78, 5) is 13.3. The molecule has 1 heterocycles. The number of nitrogens with two attached hydrogens (primary N) is 1. The second-order valence-electron chi connectivity index (χ2n) is 4.48. The van der Waals surface area contributed by atoms with Crippen LogP contribution in [0.1, 0.15) is 16.1 Å². The lowest BCUT2D eigenvalue weighted by Crippen LogP contribution is -2.21. The lowest BCUT2D eigenvalue weighted by Gasteiger charge is -2.12. The maximum Gasteiger partial charge on any atom is 0.253 e. The van der Waals surface area contributed by atoms with Crippen molar-refractivity contribution in [3.05, 3.63) is 40.7 Å². The summed E-state index contributed by atoms with van der Waals surface area (Å²) in [6.07, 6.45) is 1.69. The van der Waals surface area contributed by atoms with Crippen LogP contribution in [0.25, 0.3) is 5.69 Å². The minimum atomic E-state index is -0.0899. The van der Waals surface area contributed by atoms with E-state index in [2.05, 4.69) is 5.10 Å². The molecule has 0 saturated carbocycles. The molecule has 0 aliphatic rings. The topological polar surface area (TPSA) is 64.2 Å². The molecule has 1 amide bonds. The van der Waals surface area contributed by atoms with Crippen LogP contribution in [0.2, 0.25) is 5.02 Å². The molecule has 0 unspecified atom stereocenters. The van der Waals surface area contributed by atoms with E-state index >= 15 is 0 Å². The van der Waals surface area contributed by atoms with Gasteiger partial charge in [0.2, 0.25) is 0 Å². The van der Waals surface area contributed by atoms with E-state index in [1.807, 2.05) is 6.92 Å². The second kappa shape index (κ2) is 4.93. The first kappa shape index (κ1) is 13.4. The summed E-state index contributed by atoms with van der Waals surface area (Å²) >= 11 is 5.97. The molecule has 0 bridgehead atoms. The molecular formula is C13H15ClN4O. The molecule has 0 aliphatic heterocycles. The summed E-state index contributed by atoms with van der Waals surface area (Å²) in [5.74, 6) is -0.0899. The van der Waals surface area contributed by atoms with Crippen molar-refractivity contribution in [2.45, 2.75) is 6.92 Å². The van der Waals surface area contributed by atoms with E-state index in [4.69, 9.17) is 17.3 Å². The van der Waals surface area contributed by atoms with E-state index in [1.165, 1.54) is 4.90 Å². The molecule has 2 N–H and O–H groups in total. The number of hydrogen-bond donors (Lipinski definition) is 1. The highest BCUT2D eigenvalue weighted by Crippen LogP contribution is 2.22. The average molecular weight is 279 g/mol. The Morgan fingerprint density at radius 3 is 2.58 bits per heavy atom. The number of anilines is 1. The summed E-state index contributed by atoms with van der Waals surface area (Å²) in [7, 11) is 3.39. The molecule has 0 spiro atoms. The predicted molar refractivity (Wildman–Crippen MR) is 75.7 cm³/mol. The number of rotatable bonds is 2. The van der Waals surface area contributed by atoms with Gasteiger partial charge in [0.05, 0.1) is 22.1 Å². The first-order valence-corrected chi connectivity index (χ1v) is 6.11. The maximum absolute atomic E-state index is 11.8. The molecule has 6 heteroatoms. The molecule has 2 aromatic rings. The van der Waals surface area contributed by atoms with Crippen LogP contribution in [0.5, 0.6) is 0 Å². The Bertz CT molecular complexity index is 614. The lowest BCUT2D eigenvalue weighted by atomic mass is 10.1. The van der Waals surface area contributed by atoms with Gasteiger partial charge in [0.25, 0.3) is 5.91 Å². The zero-order valence-corrected chi connectivity index (χ0v) is 11.8. The minimum absolute atomic E-state index is 0.0899. The zero-order valence-electron chi connectivity index (χ0n) is 11.0. The van der Waals surface area contributed by atoms with Gasteiger partial charge in [0.15, 0.2) is 0 Å². The molecular weight excluding hydrogens is 264 g/mol. The van der Waals surface area contributed by atoms with Crippen molar-refractivity contribution in [3.63, 3.8) is 0 Å². The van der Waals surface area contributed by atoms with Gasteiger partial charge in [0, 0.05) is 25.9 Å². The van der Waals surface area contributed by atoms with Gasteiger partial charge >= 0.3 is 0 Å². The number of hydrogen-bond acceptors (Lipinski definition) is 3. The normalized spacial score (nSPS) is 10.5. The molecule has 0 atom stereocenters. The molecule has 0 saturated heterocycles. The van der Waals surface area contributed by atoms with Crippen LogP contribution in [0.4, 0.5) is 5.69 Å². The number of amides is 1. The van der Waals surface area contributed by atoms with Crippen molar-refractivity contribution >= 4 is 23.2 Å². The predicted octanol–water partition coefficient (Wildman–Crippen LogP) is 2.12. The molecule has 0 aliphatic carbocycles. The summed E-state index contributed by atoms with van der Waals surface area (Å²) < 4.78 is 1.61. The Morgan fingerprint density at radius 1 is 1.42 bits per heavy atom. The molecule has 0 fully saturated rings. The summed E-state index contributed by atoms with van der Waals surface area (Å²) in [6, 6.07) is 5.12. The number of carbonyl (C=O) groups excluding carboxylic acids is 1. The van der Waals surface area contributed by atoms with Crippen LogP contribution in [-0.2, 0) is 0 Å². The van der Waals surface area contributed by atoms with Crippen molar-refractivity contribution in [1.82, 2.24) is 14.7 Å². The van der Waals surface area contributed by atoms with E-state index in [-0.39, 0.29) is 5.91 Å². The van der Waals surface area contributed by atoms with Crippen LogP contribution >= 0.6 is 11.6 Å². The van der Waals surface area contributed by atoms with Gasteiger partial charge < -0.3 is 10.6 Å². The lowest BCUT2D eigenvalue weighted by molar-refractivity contribution is 0.0827. The van der Waals surface area contributed by atoms with Gasteiger partial charge in [-0.05, 0) is 25.1 Å². The average Bonchev–Trinajstić information content (AvgIpc) is 2.68. The van der Waals surface area contributed by atoms with Gasteiger partial charge in [-0.25, -0.2) is 4.68 Å². The van der Waals surface area contributed by atoms with Gasteiger partial charge in [-0.3, -0.25) is 4.79 Å². The van der Waals surface area contributed by atoms with E-state index in [1.54, 1.807) is 43.2 Å². The Labute approximate surface area is 116 Å². The summed E-state index contributed by atoms with van der Waals surface area (Å²) in [5, 5.41) is 4.84. The highest BCUT2D eigenvalue weighted by Gasteiger charge is 2.12. The van der Waals surface area contributed by atoms with E-state index in [9.17, 15) is 4.79 Å². The highest BCUT2D eigenvalue weighted by molar-refractivity contribution is 6.31. The first-order valence-electron chi connectivity index (χ1n) is 5.73. The van der Waals surface area contributed by atoms with Crippen molar-refractivity contribution in [1.29, 1.82) is 0 Å². The van der Waals surface area contributed by atoms with Gasteiger partial charge in [-0.2, -0.15) is 5.10 Å². The van der Waals surface area contributed by atoms with Gasteiger partial charge in [-0.15, -0.1) is 0 Å². The Morgan fingerprint density at radius 2 is 2.11 bits per heavy atom. The van der Waals surface area contributed by atoms with Crippen molar-refractivity contribution < 1.29 is 4.79 Å². The summed E-state index contributed by atoms with van der Waals surface area (Å²) in [5.41, 5.74) is 8.43. The first-order chi connectivity index (χ1) is 8.90. The molecule has 0 radical (unpaired) electrons. The quantitative estimate of drug-likeness (QED) is 0.856. The van der Waals surface area contributed by atoms with Crippen molar-refractivity contribution in [2.75, 3.05) is 19.8 Å². The SMILES string of the molecule is Cc1nn(-c2ccc(C(=O)N(C)C)cc2N)cc1Cl. The van der Waals surface area contributed by atoms with Crippen molar-refractivity contribution in [3.8, 4) is 5.69 Å². The largest absolute Gasteiger partial charge is 0.397 e. The minimum Gasteiger partial charge on any atom is -0.397 e. The molecule has 100 valence electrons. The van der Waals surface area contributed by atoms with E-state index < -0.39 is 0 Å². The zero-order chi connectivity index (χ0) is 14.2. The third kappa shape index (κ3) is 2.56. The van der Waals surface area contributed by atoms with Gasteiger partial charge in [0.1, 0.15) is 0 Å². The standard InChI is InChI=1S/C13H15ClN4O/c1-8-10(14)7-18(16-8)12-5-4-9(6-11(12)15)13(19)17(2)3/h4-7H,15H2,1-3H3. The number of carbonyl (C=O) groups is 1. The fraction of sp³-hybridized carbons (Fsp3) is 0.231. The fourth-order valence-corrected chi connectivity index (χ4v) is 1.85. The van der Waals surface area contributed by atoms with Crippen LogP contribution in [-0.4, -0.2) is 34.7 Å². The number of nitrogen functional groups attached to an aromatic ring is 1. The van der Waals surface area contributed by atoms with Crippen molar-refractivity contribution in [2.24, 2.45) is 0 Å². The maximum atomic E-state index is 11.8. The van der Waals surface area contributed by atoms with Crippen LogP contribution in [0, 0.1) is 6.92 Å². The Hall–Kier alpha value is -2.01. The molecule has 1 aromatic carbocycles. The smallest absolute Gasteiger partial charge is 0.253 e. The Balaban J connectivity index is 2.42. The molecule has 19 heavy (non-hydrogen) atoms. The van der Waals surface area contributed by atoms with Crippen LogP contribution in [0.3, 0.4) is 0 Å². The fourth-order valence-electron chi connectivity index (χ4n) is 1.72. The number of aryl methyl sites for hydroxylation is 1. The molecule has 2 rings (SSSR count). The molecule has 1 aromatic heterocycles. The number of benzene rings is 1. The second-order valence-corrected chi connectivity index (χ2v) is 4.89. The van der Waals surface area contributed by atoms with Gasteiger partial charge in [-0.1, -0.05) is 11.6 Å². The third-order valence-electron chi connectivity index (χ3n) is 2.77. The summed E-state index contributed by atoms with van der Waals surface area (Å²) in [6.45, 7) is 1.82. The highest BCUT2D eigenvalue weighted by atomic mass is 35.5. The van der Waals surface area contributed by atoms with Crippen LogP contribution < -0.4 is 5.73 Å².